The molecule has 3 N–H and O–H groups in total. The second-order valence-electron chi connectivity index (χ2n) is 5.86. The first kappa shape index (κ1) is 20.7. The van der Waals surface area contributed by atoms with Crippen LogP contribution in [0.4, 0.5) is 11.4 Å². The van der Waals surface area contributed by atoms with Gasteiger partial charge in [-0.1, -0.05) is 36.7 Å². The molecule has 2 aromatic rings. The molecule has 0 heterocycles. The number of hydrogen-bond acceptors (Lipinski definition) is 4. The van der Waals surface area contributed by atoms with Crippen molar-refractivity contribution >= 4 is 44.8 Å². The van der Waals surface area contributed by atoms with Crippen molar-refractivity contribution in [1.82, 2.24) is 0 Å². The minimum absolute atomic E-state index is 0.134. The fourth-order valence-electron chi connectivity index (χ4n) is 2.70. The molecule has 0 aromatic heterocycles. The third-order valence-electron chi connectivity index (χ3n) is 3.84. The van der Waals surface area contributed by atoms with Gasteiger partial charge in [-0.25, -0.2) is 8.42 Å². The van der Waals surface area contributed by atoms with E-state index in [4.69, 9.17) is 17.3 Å². The lowest BCUT2D eigenvalue weighted by Gasteiger charge is -2.30. The minimum Gasteiger partial charge on any atom is -0.366 e. The zero-order chi connectivity index (χ0) is 20.2. The lowest BCUT2D eigenvalue weighted by molar-refractivity contribution is -0.117. The number of rotatable bonds is 7. The quantitative estimate of drug-likeness (QED) is 0.732. The van der Waals surface area contributed by atoms with Crippen LogP contribution in [-0.4, -0.2) is 32.5 Å². The maximum absolute atomic E-state index is 12.9. The summed E-state index contributed by atoms with van der Waals surface area (Å²) in [6.45, 7) is 1.69. The topological polar surface area (TPSA) is 110 Å². The van der Waals surface area contributed by atoms with Crippen LogP contribution in [0.3, 0.4) is 0 Å². The number of benzene rings is 2. The number of nitrogens with two attached hydrogens (primary N) is 1. The number of nitrogens with one attached hydrogen (secondary N) is 1. The van der Waals surface area contributed by atoms with E-state index >= 15 is 0 Å². The van der Waals surface area contributed by atoms with Crippen molar-refractivity contribution < 1.29 is 18.0 Å². The number of hydrogen-bond donors (Lipinski definition) is 2. The molecule has 2 amide bonds. The van der Waals surface area contributed by atoms with Crippen LogP contribution < -0.4 is 15.4 Å². The van der Waals surface area contributed by atoms with Gasteiger partial charge < -0.3 is 11.1 Å². The van der Waals surface area contributed by atoms with Crippen LogP contribution in [-0.2, 0) is 14.8 Å². The summed E-state index contributed by atoms with van der Waals surface area (Å²) in [6.07, 6.45) is 1.21. The SMILES string of the molecule is CC[C@@H](C(=O)Nc1ccccc1C(N)=O)N(c1cccc(Cl)c1)S(C)(=O)=O. The predicted molar refractivity (Wildman–Crippen MR) is 106 cm³/mol. The van der Waals surface area contributed by atoms with Crippen LogP contribution in [0.1, 0.15) is 23.7 Å². The number of carbonyl (C=O) groups is 2. The van der Waals surface area contributed by atoms with Gasteiger partial charge in [0.1, 0.15) is 6.04 Å². The fraction of sp³-hybridized carbons (Fsp3) is 0.222. The summed E-state index contributed by atoms with van der Waals surface area (Å²) in [5, 5.41) is 2.94. The van der Waals surface area contributed by atoms with Gasteiger partial charge in [0.2, 0.25) is 15.9 Å². The van der Waals surface area contributed by atoms with Crippen LogP contribution >= 0.6 is 11.6 Å². The molecule has 2 aromatic carbocycles. The van der Waals surface area contributed by atoms with Gasteiger partial charge >= 0.3 is 0 Å². The molecule has 1 atom stereocenters. The Bertz CT molecular complexity index is 963. The Morgan fingerprint density at radius 2 is 1.85 bits per heavy atom. The van der Waals surface area contributed by atoms with Crippen molar-refractivity contribution in [3.8, 4) is 0 Å². The van der Waals surface area contributed by atoms with Crippen molar-refractivity contribution in [1.29, 1.82) is 0 Å². The Balaban J connectivity index is 2.43. The summed E-state index contributed by atoms with van der Waals surface area (Å²) in [7, 11) is -3.79. The number of primary amides is 1. The van der Waals surface area contributed by atoms with Crippen LogP contribution in [0.2, 0.25) is 5.02 Å². The first-order chi connectivity index (χ1) is 12.6. The highest BCUT2D eigenvalue weighted by atomic mass is 35.5. The van der Waals surface area contributed by atoms with Gasteiger partial charge in [-0.3, -0.25) is 13.9 Å². The number of amides is 2. The Hall–Kier alpha value is -2.58. The lowest BCUT2D eigenvalue weighted by Crippen LogP contribution is -2.47. The first-order valence-corrected chi connectivity index (χ1v) is 10.3. The highest BCUT2D eigenvalue weighted by Crippen LogP contribution is 2.26. The summed E-state index contributed by atoms with van der Waals surface area (Å²) < 4.78 is 25.8. The maximum Gasteiger partial charge on any atom is 0.250 e. The number of carbonyl (C=O) groups excluding carboxylic acids is 2. The third kappa shape index (κ3) is 4.99. The van der Waals surface area contributed by atoms with Crippen LogP contribution in [0, 0.1) is 0 Å². The summed E-state index contributed by atoms with van der Waals surface area (Å²) in [4.78, 5) is 24.4. The van der Waals surface area contributed by atoms with E-state index in [-0.39, 0.29) is 23.4 Å². The first-order valence-electron chi connectivity index (χ1n) is 8.09. The molecular formula is C18H20ClN3O4S. The second-order valence-corrected chi connectivity index (χ2v) is 8.16. The Morgan fingerprint density at radius 3 is 2.41 bits per heavy atom. The van der Waals surface area contributed by atoms with Gasteiger partial charge in [0, 0.05) is 5.02 Å². The van der Waals surface area contributed by atoms with E-state index in [1.54, 1.807) is 37.3 Å². The van der Waals surface area contributed by atoms with E-state index in [2.05, 4.69) is 5.32 Å². The van der Waals surface area contributed by atoms with E-state index in [0.717, 1.165) is 10.6 Å². The van der Waals surface area contributed by atoms with Crippen molar-refractivity contribution in [2.45, 2.75) is 19.4 Å². The monoisotopic (exact) mass is 409 g/mol. The second kappa shape index (κ2) is 8.41. The molecule has 0 aliphatic heterocycles. The predicted octanol–water partition coefficient (Wildman–Crippen LogP) is 2.62. The summed E-state index contributed by atoms with van der Waals surface area (Å²) >= 11 is 5.98. The smallest absolute Gasteiger partial charge is 0.250 e. The highest BCUT2D eigenvalue weighted by Gasteiger charge is 2.32. The van der Waals surface area contributed by atoms with Gasteiger partial charge in [-0.2, -0.15) is 0 Å². The highest BCUT2D eigenvalue weighted by molar-refractivity contribution is 7.92. The van der Waals surface area contributed by atoms with E-state index in [9.17, 15) is 18.0 Å². The van der Waals surface area contributed by atoms with Crippen molar-refractivity contribution in [2.75, 3.05) is 15.9 Å². The zero-order valence-electron chi connectivity index (χ0n) is 14.8. The third-order valence-corrected chi connectivity index (χ3v) is 5.26. The van der Waals surface area contributed by atoms with E-state index in [1.807, 2.05) is 0 Å². The van der Waals surface area contributed by atoms with Crippen LogP contribution in [0.5, 0.6) is 0 Å². The van der Waals surface area contributed by atoms with Gasteiger partial charge in [-0.15, -0.1) is 0 Å². The molecule has 0 radical (unpaired) electrons. The molecule has 9 heteroatoms. The molecule has 27 heavy (non-hydrogen) atoms. The van der Waals surface area contributed by atoms with Crippen molar-refractivity contribution in [3.63, 3.8) is 0 Å². The van der Waals surface area contributed by atoms with Crippen molar-refractivity contribution in [2.24, 2.45) is 5.73 Å². The minimum atomic E-state index is -3.79. The number of nitrogens with zero attached hydrogens (tertiary/aromatic N) is 1. The molecule has 144 valence electrons. The van der Waals surface area contributed by atoms with Crippen molar-refractivity contribution in [3.05, 3.63) is 59.1 Å². The molecule has 7 nitrogen and oxygen atoms in total. The lowest BCUT2D eigenvalue weighted by atomic mass is 10.1. The average Bonchev–Trinajstić information content (AvgIpc) is 2.58. The molecule has 0 spiro atoms. The molecule has 0 saturated carbocycles. The van der Waals surface area contributed by atoms with Gasteiger partial charge in [0.05, 0.1) is 23.2 Å². The number of anilines is 2. The fourth-order valence-corrected chi connectivity index (χ4v) is 4.08. The van der Waals surface area contributed by atoms with Crippen LogP contribution in [0.25, 0.3) is 0 Å². The van der Waals surface area contributed by atoms with Gasteiger partial charge in [0.15, 0.2) is 0 Å². The molecule has 0 aliphatic carbocycles. The summed E-state index contributed by atoms with van der Waals surface area (Å²) in [5.41, 5.74) is 5.95. The number of sulfonamides is 1. The van der Waals surface area contributed by atoms with E-state index in [1.165, 1.54) is 18.2 Å². The largest absolute Gasteiger partial charge is 0.366 e. The van der Waals surface area contributed by atoms with E-state index < -0.39 is 27.9 Å². The molecular weight excluding hydrogens is 390 g/mol. The van der Waals surface area contributed by atoms with Gasteiger partial charge in [-0.05, 0) is 36.8 Å². The Morgan fingerprint density at radius 1 is 1.19 bits per heavy atom. The molecule has 0 unspecified atom stereocenters. The Labute approximate surface area is 163 Å². The number of halogens is 1. The Kier molecular flexibility index (Phi) is 6.45. The standard InChI is InChI=1S/C18H20ClN3O4S/c1-3-16(18(24)21-15-10-5-4-9-14(15)17(20)23)22(27(2,25)26)13-8-6-7-12(19)11-13/h4-11,16H,3H2,1-2H3,(H2,20,23)(H,21,24)/t16-/m0/s1. The normalized spacial score (nSPS) is 12.3. The maximum atomic E-state index is 12.9. The zero-order valence-corrected chi connectivity index (χ0v) is 16.4. The van der Waals surface area contributed by atoms with Gasteiger partial charge in [0.25, 0.3) is 5.91 Å². The summed E-state index contributed by atoms with van der Waals surface area (Å²) in [6, 6.07) is 11.4. The number of para-hydroxylation sites is 1. The molecule has 0 fully saturated rings. The average molecular weight is 410 g/mol. The molecule has 0 saturated heterocycles. The van der Waals surface area contributed by atoms with E-state index in [0.29, 0.717) is 5.02 Å². The van der Waals surface area contributed by atoms with Crippen LogP contribution in [0.15, 0.2) is 48.5 Å². The molecule has 2 rings (SSSR count). The molecule has 0 aliphatic rings. The summed E-state index contributed by atoms with van der Waals surface area (Å²) in [5.74, 6) is -1.29. The molecule has 0 bridgehead atoms.